The van der Waals surface area contributed by atoms with E-state index in [1.807, 2.05) is 13.8 Å². The fourth-order valence-electron chi connectivity index (χ4n) is 1.73. The molecule has 3 nitrogen and oxygen atoms in total. The summed E-state index contributed by atoms with van der Waals surface area (Å²) in [5.74, 6) is 0. The number of rotatable bonds is 1. The van der Waals surface area contributed by atoms with Crippen molar-refractivity contribution >= 4 is 10.1 Å². The molecule has 0 aromatic heterocycles. The zero-order valence-corrected chi connectivity index (χ0v) is 10.2. The molecule has 0 radical (unpaired) electrons. The van der Waals surface area contributed by atoms with Crippen molar-refractivity contribution in [2.45, 2.75) is 45.0 Å². The summed E-state index contributed by atoms with van der Waals surface area (Å²) in [6, 6.07) is 0. The lowest BCUT2D eigenvalue weighted by atomic mass is 9.68. The van der Waals surface area contributed by atoms with E-state index < -0.39 is 25.9 Å². The Kier molecular flexibility index (Phi) is 2.19. The van der Waals surface area contributed by atoms with Gasteiger partial charge in [0.25, 0.3) is 10.1 Å². The third kappa shape index (κ3) is 1.04. The molecule has 1 atom stereocenters. The molecule has 1 unspecified atom stereocenters. The minimum Gasteiger partial charge on any atom is -0.263 e. The van der Waals surface area contributed by atoms with Gasteiger partial charge in [0.15, 0.2) is 0 Å². The molecule has 0 saturated carbocycles. The van der Waals surface area contributed by atoms with E-state index in [0.29, 0.717) is 0 Å². The van der Waals surface area contributed by atoms with Crippen LogP contribution in [-0.4, -0.2) is 18.8 Å². The maximum atomic E-state index is 11.9. The average Bonchev–Trinajstić information content (AvgIpc) is 2.07. The average molecular weight is 218 g/mol. The maximum absolute atomic E-state index is 11.9. The molecule has 1 aliphatic rings. The first-order chi connectivity index (χ1) is 6.02. The smallest absolute Gasteiger partial charge is 0.263 e. The molecule has 1 aliphatic heterocycles. The molecular formula is C10H18O3S. The van der Waals surface area contributed by atoms with Gasteiger partial charge in [-0.15, -0.1) is 6.58 Å². The van der Waals surface area contributed by atoms with Crippen molar-refractivity contribution in [3.05, 3.63) is 12.7 Å². The van der Waals surface area contributed by atoms with Crippen LogP contribution < -0.4 is 0 Å². The maximum Gasteiger partial charge on any atom is 0.277 e. The van der Waals surface area contributed by atoms with Crippen LogP contribution in [0.25, 0.3) is 0 Å². The molecule has 1 fully saturated rings. The molecule has 4 heteroatoms. The fraction of sp³-hybridized carbons (Fsp3) is 0.800. The Balaban J connectivity index is 3.52. The second-order valence-electron chi connectivity index (χ2n) is 4.98. The van der Waals surface area contributed by atoms with Gasteiger partial charge < -0.3 is 0 Å². The van der Waals surface area contributed by atoms with Crippen LogP contribution in [0.5, 0.6) is 0 Å². The minimum absolute atomic E-state index is 0.499. The van der Waals surface area contributed by atoms with E-state index in [0.717, 1.165) is 0 Å². The Labute approximate surface area is 86.3 Å². The fourth-order valence-corrected chi connectivity index (χ4v) is 3.74. The second-order valence-corrected chi connectivity index (χ2v) is 6.91. The van der Waals surface area contributed by atoms with Gasteiger partial charge in [-0.3, -0.25) is 4.18 Å². The predicted octanol–water partition coefficient (Wildman–Crippen LogP) is 2.10. The molecule has 1 saturated heterocycles. The molecule has 0 aliphatic carbocycles. The monoisotopic (exact) mass is 218 g/mol. The molecular weight excluding hydrogens is 200 g/mol. The van der Waals surface area contributed by atoms with Gasteiger partial charge in [0.2, 0.25) is 0 Å². The van der Waals surface area contributed by atoms with Crippen molar-refractivity contribution < 1.29 is 12.6 Å². The van der Waals surface area contributed by atoms with E-state index in [1.165, 1.54) is 6.08 Å². The molecule has 14 heavy (non-hydrogen) atoms. The Morgan fingerprint density at radius 3 is 1.71 bits per heavy atom. The number of hydrogen-bond donors (Lipinski definition) is 0. The SMILES string of the molecule is C=CC1(C)C(C)(C)C(C)(C)OS1(=O)=O. The van der Waals surface area contributed by atoms with E-state index >= 15 is 0 Å². The van der Waals surface area contributed by atoms with Gasteiger partial charge in [-0.05, 0) is 20.8 Å². The molecule has 0 bridgehead atoms. The standard InChI is InChI=1S/C10H18O3S/c1-7-10(6)8(2,3)9(4,5)13-14(10,11)12/h7H,1H2,2-6H3. The Hall–Kier alpha value is -0.350. The van der Waals surface area contributed by atoms with Gasteiger partial charge in [-0.25, -0.2) is 0 Å². The van der Waals surface area contributed by atoms with Crippen LogP contribution in [0.3, 0.4) is 0 Å². The van der Waals surface area contributed by atoms with Crippen LogP contribution in [0.15, 0.2) is 12.7 Å². The Morgan fingerprint density at radius 2 is 1.57 bits per heavy atom. The van der Waals surface area contributed by atoms with E-state index in [4.69, 9.17) is 4.18 Å². The van der Waals surface area contributed by atoms with E-state index in [9.17, 15) is 8.42 Å². The molecule has 0 aromatic carbocycles. The summed E-state index contributed by atoms with van der Waals surface area (Å²) in [5.41, 5.74) is -1.20. The van der Waals surface area contributed by atoms with Gasteiger partial charge >= 0.3 is 0 Å². The van der Waals surface area contributed by atoms with Gasteiger partial charge in [-0.1, -0.05) is 19.9 Å². The quantitative estimate of drug-likeness (QED) is 0.500. The molecule has 0 N–H and O–H groups in total. The molecule has 82 valence electrons. The van der Waals surface area contributed by atoms with Gasteiger partial charge in [0.1, 0.15) is 4.75 Å². The van der Waals surface area contributed by atoms with Crippen molar-refractivity contribution in [1.29, 1.82) is 0 Å². The molecule has 0 aromatic rings. The molecule has 0 amide bonds. The van der Waals surface area contributed by atoms with Crippen molar-refractivity contribution in [3.63, 3.8) is 0 Å². The topological polar surface area (TPSA) is 43.4 Å². The third-order valence-corrected chi connectivity index (χ3v) is 6.32. The highest BCUT2D eigenvalue weighted by atomic mass is 32.2. The van der Waals surface area contributed by atoms with Crippen LogP contribution in [-0.2, 0) is 14.3 Å². The highest BCUT2D eigenvalue weighted by Crippen LogP contribution is 2.55. The molecule has 0 spiro atoms. The van der Waals surface area contributed by atoms with Gasteiger partial charge in [-0.2, -0.15) is 8.42 Å². The molecule has 1 heterocycles. The van der Waals surface area contributed by atoms with E-state index in [1.54, 1.807) is 20.8 Å². The van der Waals surface area contributed by atoms with Crippen molar-refractivity contribution in [3.8, 4) is 0 Å². The van der Waals surface area contributed by atoms with Crippen LogP contribution in [0.4, 0.5) is 0 Å². The third-order valence-electron chi connectivity index (χ3n) is 3.97. The van der Waals surface area contributed by atoms with Crippen LogP contribution in [0.2, 0.25) is 0 Å². The van der Waals surface area contributed by atoms with Crippen LogP contribution in [0.1, 0.15) is 34.6 Å². The van der Waals surface area contributed by atoms with Crippen molar-refractivity contribution in [2.24, 2.45) is 5.41 Å². The van der Waals surface area contributed by atoms with E-state index in [-0.39, 0.29) is 0 Å². The van der Waals surface area contributed by atoms with Crippen molar-refractivity contribution in [1.82, 2.24) is 0 Å². The summed E-state index contributed by atoms with van der Waals surface area (Å²) >= 11 is 0. The first-order valence-electron chi connectivity index (χ1n) is 4.61. The summed E-state index contributed by atoms with van der Waals surface area (Å²) in [4.78, 5) is 0. The summed E-state index contributed by atoms with van der Waals surface area (Å²) in [5, 5.41) is 0. The highest BCUT2D eigenvalue weighted by Gasteiger charge is 2.65. The lowest BCUT2D eigenvalue weighted by Crippen LogP contribution is -2.47. The normalized spacial score (nSPS) is 38.1. The number of hydrogen-bond acceptors (Lipinski definition) is 3. The zero-order chi connectivity index (χ0) is 11.4. The van der Waals surface area contributed by atoms with Crippen LogP contribution in [0, 0.1) is 5.41 Å². The lowest BCUT2D eigenvalue weighted by molar-refractivity contribution is 0.0243. The Bertz CT molecular complexity index is 365. The Morgan fingerprint density at radius 1 is 1.14 bits per heavy atom. The highest BCUT2D eigenvalue weighted by molar-refractivity contribution is 7.88. The largest absolute Gasteiger partial charge is 0.277 e. The van der Waals surface area contributed by atoms with E-state index in [2.05, 4.69) is 6.58 Å². The van der Waals surface area contributed by atoms with Gasteiger partial charge in [0.05, 0.1) is 5.60 Å². The zero-order valence-electron chi connectivity index (χ0n) is 9.42. The van der Waals surface area contributed by atoms with Gasteiger partial charge in [0, 0.05) is 5.41 Å². The lowest BCUT2D eigenvalue weighted by Gasteiger charge is -2.38. The predicted molar refractivity (Wildman–Crippen MR) is 56.5 cm³/mol. The first-order valence-corrected chi connectivity index (χ1v) is 6.01. The summed E-state index contributed by atoms with van der Waals surface area (Å²) in [6.45, 7) is 12.6. The summed E-state index contributed by atoms with van der Waals surface area (Å²) in [6.07, 6.45) is 1.47. The second kappa shape index (κ2) is 2.61. The molecule has 1 rings (SSSR count). The summed E-state index contributed by atoms with van der Waals surface area (Å²) in [7, 11) is -3.57. The first kappa shape index (κ1) is 11.7. The van der Waals surface area contributed by atoms with Crippen molar-refractivity contribution in [2.75, 3.05) is 0 Å². The van der Waals surface area contributed by atoms with Crippen LogP contribution >= 0.6 is 0 Å². The summed E-state index contributed by atoms with van der Waals surface area (Å²) < 4.78 is 27.8. The minimum atomic E-state index is -3.57.